The Morgan fingerprint density at radius 3 is 2.39 bits per heavy atom. The topological polar surface area (TPSA) is 78.5 Å². The van der Waals surface area contributed by atoms with Gasteiger partial charge in [0.1, 0.15) is 5.92 Å². The zero-order valence-electron chi connectivity index (χ0n) is 12.1. The lowest BCUT2D eigenvalue weighted by Crippen LogP contribution is -2.47. The molecule has 8 heteroatoms. The molecule has 23 heavy (non-hydrogen) atoms. The molecule has 0 unspecified atom stereocenters. The van der Waals surface area contributed by atoms with Crippen LogP contribution < -0.4 is 15.8 Å². The van der Waals surface area contributed by atoms with E-state index in [2.05, 4.69) is 10.9 Å². The average Bonchev–Trinajstić information content (AvgIpc) is 3.30. The minimum Gasteiger partial charge on any atom is -0.312 e. The van der Waals surface area contributed by atoms with E-state index in [1.165, 1.54) is 4.90 Å². The first-order chi connectivity index (χ1) is 11.0. The number of carbonyl (C=O) groups excluding carboxylic acids is 3. The molecule has 1 aliphatic heterocycles. The minimum atomic E-state index is -0.816. The Kier molecular flexibility index (Phi) is 4.46. The summed E-state index contributed by atoms with van der Waals surface area (Å²) in [6.07, 6.45) is 2.06. The normalized spacial score (nSPS) is 20.5. The smallest absolute Gasteiger partial charge is 0.251 e. The number of hydrogen-bond acceptors (Lipinski definition) is 3. The molecule has 1 heterocycles. The lowest BCUT2D eigenvalue weighted by molar-refractivity contribution is -0.135. The summed E-state index contributed by atoms with van der Waals surface area (Å²) >= 11 is 11.8. The molecular weight excluding hydrogens is 341 g/mol. The molecule has 2 N–H and O–H groups in total. The summed E-state index contributed by atoms with van der Waals surface area (Å²) in [6, 6.07) is 4.88. The SMILES string of the molecule is O=C(NNC(=O)[C@H]1CCN(c2ccc(Cl)c(Cl)c2)C1=O)C1CC1. The summed E-state index contributed by atoms with van der Waals surface area (Å²) < 4.78 is 0. The third-order valence-corrected chi connectivity index (χ3v) is 4.73. The van der Waals surface area contributed by atoms with Gasteiger partial charge in [-0.25, -0.2) is 0 Å². The molecule has 0 spiro atoms. The van der Waals surface area contributed by atoms with Gasteiger partial charge in [0.2, 0.25) is 11.8 Å². The maximum Gasteiger partial charge on any atom is 0.251 e. The fourth-order valence-electron chi connectivity index (χ4n) is 2.49. The van der Waals surface area contributed by atoms with E-state index in [1.807, 2.05) is 0 Å². The molecule has 1 atom stereocenters. The van der Waals surface area contributed by atoms with Crippen LogP contribution in [0.5, 0.6) is 0 Å². The second-order valence-electron chi connectivity index (χ2n) is 5.68. The van der Waals surface area contributed by atoms with Crippen molar-refractivity contribution in [3.8, 4) is 0 Å². The first kappa shape index (κ1) is 16.1. The molecule has 1 aromatic rings. The van der Waals surface area contributed by atoms with Crippen LogP contribution in [0.1, 0.15) is 19.3 Å². The van der Waals surface area contributed by atoms with Crippen molar-refractivity contribution in [2.45, 2.75) is 19.3 Å². The summed E-state index contributed by atoms with van der Waals surface area (Å²) in [5, 5.41) is 0.751. The minimum absolute atomic E-state index is 0.0118. The Labute approximate surface area is 143 Å². The number of hydrogen-bond donors (Lipinski definition) is 2. The van der Waals surface area contributed by atoms with E-state index >= 15 is 0 Å². The van der Waals surface area contributed by atoms with Gasteiger partial charge < -0.3 is 4.90 Å². The molecule has 122 valence electrons. The van der Waals surface area contributed by atoms with Crippen LogP contribution in [-0.2, 0) is 14.4 Å². The summed E-state index contributed by atoms with van der Waals surface area (Å²) in [6.45, 7) is 0.408. The zero-order chi connectivity index (χ0) is 16.6. The molecular formula is C15H15Cl2N3O3. The largest absolute Gasteiger partial charge is 0.312 e. The van der Waals surface area contributed by atoms with E-state index in [1.54, 1.807) is 18.2 Å². The van der Waals surface area contributed by atoms with Crippen molar-refractivity contribution in [3.05, 3.63) is 28.2 Å². The molecule has 1 aliphatic carbocycles. The van der Waals surface area contributed by atoms with Gasteiger partial charge in [-0.3, -0.25) is 25.2 Å². The van der Waals surface area contributed by atoms with E-state index < -0.39 is 11.8 Å². The van der Waals surface area contributed by atoms with E-state index in [9.17, 15) is 14.4 Å². The monoisotopic (exact) mass is 355 g/mol. The van der Waals surface area contributed by atoms with E-state index in [0.29, 0.717) is 28.7 Å². The first-order valence-corrected chi connectivity index (χ1v) is 8.09. The van der Waals surface area contributed by atoms with Crippen molar-refractivity contribution in [2.75, 3.05) is 11.4 Å². The molecule has 6 nitrogen and oxygen atoms in total. The number of hydrazine groups is 1. The van der Waals surface area contributed by atoms with Crippen molar-refractivity contribution in [1.82, 2.24) is 10.9 Å². The number of halogens is 2. The maximum absolute atomic E-state index is 12.4. The average molecular weight is 356 g/mol. The molecule has 0 aromatic heterocycles. The number of nitrogens with one attached hydrogen (secondary N) is 2. The van der Waals surface area contributed by atoms with Gasteiger partial charge >= 0.3 is 0 Å². The molecule has 1 saturated carbocycles. The predicted molar refractivity (Wildman–Crippen MR) is 85.9 cm³/mol. The van der Waals surface area contributed by atoms with Crippen LogP contribution >= 0.6 is 23.2 Å². The molecule has 2 fully saturated rings. The zero-order valence-corrected chi connectivity index (χ0v) is 13.7. The van der Waals surface area contributed by atoms with Crippen LogP contribution in [0.2, 0.25) is 10.0 Å². The summed E-state index contributed by atoms with van der Waals surface area (Å²) in [7, 11) is 0. The Hall–Kier alpha value is -1.79. The van der Waals surface area contributed by atoms with Crippen molar-refractivity contribution < 1.29 is 14.4 Å². The molecule has 0 bridgehead atoms. The van der Waals surface area contributed by atoms with Crippen LogP contribution in [-0.4, -0.2) is 24.3 Å². The number of rotatable bonds is 3. The molecule has 1 saturated heterocycles. The lowest BCUT2D eigenvalue weighted by Gasteiger charge is -2.17. The second-order valence-corrected chi connectivity index (χ2v) is 6.50. The third kappa shape index (κ3) is 3.43. The fourth-order valence-corrected chi connectivity index (χ4v) is 2.78. The number of benzene rings is 1. The van der Waals surface area contributed by atoms with E-state index in [-0.39, 0.29) is 17.7 Å². The third-order valence-electron chi connectivity index (χ3n) is 3.99. The molecule has 3 amide bonds. The standard InChI is InChI=1S/C15H15Cl2N3O3/c16-11-4-3-9(7-12(11)17)20-6-5-10(15(20)23)14(22)19-18-13(21)8-1-2-8/h3-4,7-8,10H,1-2,5-6H2,(H,18,21)(H,19,22)/t10-/m1/s1. The summed E-state index contributed by atoms with van der Waals surface area (Å²) in [5.74, 6) is -1.84. The van der Waals surface area contributed by atoms with Gasteiger partial charge in [0.15, 0.2) is 0 Å². The van der Waals surface area contributed by atoms with Crippen LogP contribution in [0, 0.1) is 11.8 Å². The van der Waals surface area contributed by atoms with Crippen LogP contribution in [0.25, 0.3) is 0 Å². The number of carbonyl (C=O) groups is 3. The summed E-state index contributed by atoms with van der Waals surface area (Å²) in [4.78, 5) is 37.5. The van der Waals surface area contributed by atoms with Crippen LogP contribution in [0.15, 0.2) is 18.2 Å². The van der Waals surface area contributed by atoms with Gasteiger partial charge in [0.25, 0.3) is 5.91 Å². The highest BCUT2D eigenvalue weighted by Crippen LogP contribution is 2.31. The van der Waals surface area contributed by atoms with Crippen molar-refractivity contribution in [3.63, 3.8) is 0 Å². The van der Waals surface area contributed by atoms with Crippen molar-refractivity contribution in [2.24, 2.45) is 11.8 Å². The second kappa shape index (κ2) is 6.37. The van der Waals surface area contributed by atoms with Crippen molar-refractivity contribution in [1.29, 1.82) is 0 Å². The maximum atomic E-state index is 12.4. The van der Waals surface area contributed by atoms with Gasteiger partial charge in [-0.2, -0.15) is 0 Å². The number of nitrogens with zero attached hydrogens (tertiary/aromatic N) is 1. The first-order valence-electron chi connectivity index (χ1n) is 7.33. The van der Waals surface area contributed by atoms with E-state index in [4.69, 9.17) is 23.2 Å². The van der Waals surface area contributed by atoms with Gasteiger partial charge in [0, 0.05) is 18.2 Å². The Morgan fingerprint density at radius 2 is 1.74 bits per heavy atom. The molecule has 3 rings (SSSR count). The highest BCUT2D eigenvalue weighted by Gasteiger charge is 2.38. The molecule has 0 radical (unpaired) electrons. The van der Waals surface area contributed by atoms with Gasteiger partial charge in [-0.1, -0.05) is 23.2 Å². The quantitative estimate of drug-likeness (QED) is 0.642. The van der Waals surface area contributed by atoms with Crippen molar-refractivity contribution >= 4 is 46.6 Å². The Morgan fingerprint density at radius 1 is 1.04 bits per heavy atom. The van der Waals surface area contributed by atoms with Crippen LogP contribution in [0.3, 0.4) is 0 Å². The number of anilines is 1. The highest BCUT2D eigenvalue weighted by molar-refractivity contribution is 6.42. The summed E-state index contributed by atoms with van der Waals surface area (Å²) in [5.41, 5.74) is 5.30. The highest BCUT2D eigenvalue weighted by atomic mass is 35.5. The Bertz CT molecular complexity index is 676. The van der Waals surface area contributed by atoms with Gasteiger partial charge in [-0.05, 0) is 37.5 Å². The fraction of sp³-hybridized carbons (Fsp3) is 0.400. The molecule has 1 aromatic carbocycles. The number of amides is 3. The van der Waals surface area contributed by atoms with Gasteiger partial charge in [-0.15, -0.1) is 0 Å². The lowest BCUT2D eigenvalue weighted by atomic mass is 10.1. The van der Waals surface area contributed by atoms with Crippen LogP contribution in [0.4, 0.5) is 5.69 Å². The van der Waals surface area contributed by atoms with Gasteiger partial charge in [0.05, 0.1) is 10.0 Å². The van der Waals surface area contributed by atoms with E-state index in [0.717, 1.165) is 12.8 Å². The Balaban J connectivity index is 1.62. The molecule has 2 aliphatic rings. The predicted octanol–water partition coefficient (Wildman–Crippen LogP) is 1.90.